The molecule has 25 heavy (non-hydrogen) atoms. The Morgan fingerprint density at radius 3 is 2.04 bits per heavy atom. The number of hydrogen-bond acceptors (Lipinski definition) is 0. The predicted molar refractivity (Wildman–Crippen MR) is 101 cm³/mol. The maximum atomic E-state index is 3.28. The van der Waals surface area contributed by atoms with E-state index in [1.165, 1.54) is 33.4 Å². The van der Waals surface area contributed by atoms with Crippen LogP contribution in [0.5, 0.6) is 0 Å². The number of benzene rings is 4. The molecule has 4 aromatic carbocycles. The standard InChI is InChI=1S/C25H14/c1-3-9-18(10-4-1)23-16-15-21-17-20-13-7-8-14-22(20)25(21)24(23)19-11-5-2-6-12-19/h1-6,9-12,15-16H,17H2. The van der Waals surface area contributed by atoms with Crippen molar-refractivity contribution in [1.82, 2.24) is 0 Å². The second-order valence-electron chi connectivity index (χ2n) is 6.28. The average Bonchev–Trinajstić information content (AvgIpc) is 3.07. The normalized spacial score (nSPS) is 11.8. The molecule has 0 aromatic heterocycles. The number of hydrogen-bond donors (Lipinski definition) is 0. The zero-order valence-electron chi connectivity index (χ0n) is 13.6. The highest BCUT2D eigenvalue weighted by atomic mass is 14.3. The maximum absolute atomic E-state index is 3.28. The van der Waals surface area contributed by atoms with Crippen LogP contribution in [-0.2, 0) is 6.42 Å². The van der Waals surface area contributed by atoms with Crippen LogP contribution in [0.4, 0.5) is 0 Å². The molecule has 0 nitrogen and oxygen atoms in total. The van der Waals surface area contributed by atoms with Gasteiger partial charge in [-0.1, -0.05) is 72.8 Å². The van der Waals surface area contributed by atoms with Crippen molar-refractivity contribution in [2.75, 3.05) is 0 Å². The molecule has 0 unspecified atom stereocenters. The molecule has 0 saturated heterocycles. The largest absolute Gasteiger partial charge is 0.0622 e. The van der Waals surface area contributed by atoms with Crippen LogP contribution in [0.3, 0.4) is 0 Å². The Balaban J connectivity index is 1.87. The molecule has 0 aliphatic heterocycles. The first-order valence-electron chi connectivity index (χ1n) is 8.44. The van der Waals surface area contributed by atoms with Crippen molar-refractivity contribution in [2.45, 2.75) is 6.42 Å². The zero-order chi connectivity index (χ0) is 16.6. The molecular weight excluding hydrogens is 300 g/mol. The van der Waals surface area contributed by atoms with E-state index in [4.69, 9.17) is 0 Å². The van der Waals surface area contributed by atoms with Crippen molar-refractivity contribution >= 4 is 0 Å². The smallest absolute Gasteiger partial charge is 0.0000249 e. The van der Waals surface area contributed by atoms with Crippen LogP contribution in [0.25, 0.3) is 33.4 Å². The zero-order valence-corrected chi connectivity index (χ0v) is 13.6. The third kappa shape index (κ3) is 2.30. The molecule has 0 spiro atoms. The van der Waals surface area contributed by atoms with Gasteiger partial charge in [-0.3, -0.25) is 0 Å². The van der Waals surface area contributed by atoms with Gasteiger partial charge in [0.05, 0.1) is 0 Å². The lowest BCUT2D eigenvalue weighted by molar-refractivity contribution is 1.26. The fourth-order valence-electron chi connectivity index (χ4n) is 3.72. The summed E-state index contributed by atoms with van der Waals surface area (Å²) < 4.78 is 0. The highest BCUT2D eigenvalue weighted by Gasteiger charge is 2.24. The summed E-state index contributed by atoms with van der Waals surface area (Å²) in [6, 6.07) is 38.1. The highest BCUT2D eigenvalue weighted by molar-refractivity contribution is 5.98. The third-order valence-electron chi connectivity index (χ3n) is 4.82. The van der Waals surface area contributed by atoms with Gasteiger partial charge in [0.25, 0.3) is 0 Å². The summed E-state index contributed by atoms with van der Waals surface area (Å²) in [6.07, 6.45) is 0.890. The van der Waals surface area contributed by atoms with E-state index in [9.17, 15) is 0 Å². The maximum Gasteiger partial charge on any atom is -0.0000249 e. The fraction of sp³-hybridized carbons (Fsp3) is 0.0400. The number of rotatable bonds is 2. The van der Waals surface area contributed by atoms with Crippen LogP contribution < -0.4 is 0 Å². The molecule has 0 N–H and O–H groups in total. The van der Waals surface area contributed by atoms with Crippen LogP contribution in [-0.4, -0.2) is 0 Å². The first kappa shape index (κ1) is 14.2. The lowest BCUT2D eigenvalue weighted by Gasteiger charge is -2.16. The molecule has 4 radical (unpaired) electrons. The van der Waals surface area contributed by atoms with E-state index in [1.54, 1.807) is 0 Å². The second-order valence-corrected chi connectivity index (χ2v) is 6.28. The molecule has 0 fully saturated rings. The Labute approximate surface area is 148 Å². The molecule has 0 heteroatoms. The predicted octanol–water partition coefficient (Wildman–Crippen LogP) is 5.79. The minimum atomic E-state index is 0.890. The highest BCUT2D eigenvalue weighted by Crippen LogP contribution is 2.46. The first-order chi connectivity index (χ1) is 12.4. The van der Waals surface area contributed by atoms with Gasteiger partial charge in [0.1, 0.15) is 0 Å². The fourth-order valence-corrected chi connectivity index (χ4v) is 3.72. The molecule has 114 valence electrons. The van der Waals surface area contributed by atoms with Crippen LogP contribution in [0.1, 0.15) is 11.1 Å². The molecule has 1 aliphatic carbocycles. The van der Waals surface area contributed by atoms with Gasteiger partial charge in [0, 0.05) is 0 Å². The Hall–Kier alpha value is -3.12. The van der Waals surface area contributed by atoms with Crippen molar-refractivity contribution in [3.8, 4) is 33.4 Å². The van der Waals surface area contributed by atoms with E-state index in [0.29, 0.717) is 0 Å². The SMILES string of the molecule is [c]1[c][c]c2c([c]1)Cc1ccc(-c3ccccc3)c(-c3ccccc3)c1-2. The summed E-state index contributed by atoms with van der Waals surface area (Å²) >= 11 is 0. The molecule has 0 heterocycles. The molecule has 0 atom stereocenters. The molecule has 0 amide bonds. The van der Waals surface area contributed by atoms with Crippen molar-refractivity contribution < 1.29 is 0 Å². The average molecular weight is 314 g/mol. The van der Waals surface area contributed by atoms with Crippen LogP contribution in [0.15, 0.2) is 72.8 Å². The Bertz CT molecular complexity index is 1040. The van der Waals surface area contributed by atoms with E-state index in [0.717, 1.165) is 17.5 Å². The monoisotopic (exact) mass is 314 g/mol. The summed E-state index contributed by atoms with van der Waals surface area (Å²) in [5.41, 5.74) is 9.85. The van der Waals surface area contributed by atoms with Crippen molar-refractivity contribution in [2.24, 2.45) is 0 Å². The van der Waals surface area contributed by atoms with Gasteiger partial charge in [0.15, 0.2) is 0 Å². The van der Waals surface area contributed by atoms with Gasteiger partial charge < -0.3 is 0 Å². The van der Waals surface area contributed by atoms with Gasteiger partial charge >= 0.3 is 0 Å². The minimum Gasteiger partial charge on any atom is -0.0622 e. The van der Waals surface area contributed by atoms with Crippen LogP contribution >= 0.6 is 0 Å². The van der Waals surface area contributed by atoms with E-state index < -0.39 is 0 Å². The quantitative estimate of drug-likeness (QED) is 0.387. The minimum absolute atomic E-state index is 0.890. The Morgan fingerprint density at radius 2 is 1.28 bits per heavy atom. The Kier molecular flexibility index (Phi) is 3.28. The topological polar surface area (TPSA) is 0 Å². The molecule has 4 aromatic rings. The van der Waals surface area contributed by atoms with E-state index >= 15 is 0 Å². The third-order valence-corrected chi connectivity index (χ3v) is 4.82. The van der Waals surface area contributed by atoms with Crippen LogP contribution in [0, 0.1) is 24.3 Å². The summed E-state index contributed by atoms with van der Waals surface area (Å²) in [7, 11) is 0. The molecule has 1 aliphatic rings. The second kappa shape index (κ2) is 5.75. The summed E-state index contributed by atoms with van der Waals surface area (Å²) in [5, 5.41) is 0. The van der Waals surface area contributed by atoms with Gasteiger partial charge in [0.2, 0.25) is 0 Å². The molecular formula is C25H14. The van der Waals surface area contributed by atoms with Crippen molar-refractivity contribution in [3.63, 3.8) is 0 Å². The van der Waals surface area contributed by atoms with Gasteiger partial charge in [-0.2, -0.15) is 0 Å². The Morgan fingerprint density at radius 1 is 0.600 bits per heavy atom. The van der Waals surface area contributed by atoms with Crippen molar-refractivity contribution in [3.05, 3.63) is 108 Å². The van der Waals surface area contributed by atoms with Gasteiger partial charge in [-0.25, -0.2) is 0 Å². The number of fused-ring (bicyclic) bond motifs is 3. The lowest BCUT2D eigenvalue weighted by Crippen LogP contribution is -1.91. The van der Waals surface area contributed by atoms with E-state index in [1.807, 2.05) is 0 Å². The summed E-state index contributed by atoms with van der Waals surface area (Å²) in [4.78, 5) is 0. The molecule has 5 rings (SSSR count). The van der Waals surface area contributed by atoms with Gasteiger partial charge in [-0.15, -0.1) is 0 Å². The van der Waals surface area contributed by atoms with E-state index in [2.05, 4.69) is 97.1 Å². The molecule has 0 bridgehead atoms. The van der Waals surface area contributed by atoms with Crippen molar-refractivity contribution in [1.29, 1.82) is 0 Å². The lowest BCUT2D eigenvalue weighted by atomic mass is 9.87. The van der Waals surface area contributed by atoms with E-state index in [-0.39, 0.29) is 0 Å². The first-order valence-corrected chi connectivity index (χ1v) is 8.44. The summed E-state index contributed by atoms with van der Waals surface area (Å²) in [6.45, 7) is 0. The van der Waals surface area contributed by atoms with Crippen LogP contribution in [0.2, 0.25) is 0 Å². The summed E-state index contributed by atoms with van der Waals surface area (Å²) in [5.74, 6) is 0. The van der Waals surface area contributed by atoms with Gasteiger partial charge in [-0.05, 0) is 75.2 Å². The molecule has 0 saturated carbocycles.